The van der Waals surface area contributed by atoms with Gasteiger partial charge in [0, 0.05) is 13.2 Å². The predicted octanol–water partition coefficient (Wildman–Crippen LogP) is -0.741. The molecule has 0 saturated heterocycles. The first-order valence-electron chi connectivity index (χ1n) is 2.62. The molecular formula is C4H10FNO3S. The van der Waals surface area contributed by atoms with Crippen LogP contribution in [0.25, 0.3) is 0 Å². The van der Waals surface area contributed by atoms with Crippen LogP contribution < -0.4 is 5.73 Å². The topological polar surface area (TPSA) is 69.4 Å². The first-order valence-corrected chi connectivity index (χ1v) is 4.18. The standard InChI is InChI=1S/C4H10FNO3S/c1-9-2-4(6)3-10(5,7)8/h4H,2-3,6H2,1H3. The second-order valence-corrected chi connectivity index (χ2v) is 3.33. The van der Waals surface area contributed by atoms with Gasteiger partial charge in [0.25, 0.3) is 0 Å². The fourth-order valence-electron chi connectivity index (χ4n) is 0.518. The summed E-state index contributed by atoms with van der Waals surface area (Å²) < 4.78 is 36.1. The van der Waals surface area contributed by atoms with Crippen molar-refractivity contribution in [3.8, 4) is 0 Å². The Hall–Kier alpha value is -0.200. The Labute approximate surface area is 59.4 Å². The van der Waals surface area contributed by atoms with Crippen molar-refractivity contribution in [3.05, 3.63) is 0 Å². The molecule has 0 heterocycles. The van der Waals surface area contributed by atoms with Gasteiger partial charge in [0.05, 0.1) is 12.4 Å². The minimum Gasteiger partial charge on any atom is -0.383 e. The summed E-state index contributed by atoms with van der Waals surface area (Å²) in [5, 5.41) is 0. The highest BCUT2D eigenvalue weighted by atomic mass is 32.3. The Morgan fingerprint density at radius 3 is 2.50 bits per heavy atom. The van der Waals surface area contributed by atoms with Gasteiger partial charge in [-0.2, -0.15) is 8.42 Å². The molecule has 10 heavy (non-hydrogen) atoms. The molecule has 0 radical (unpaired) electrons. The number of ether oxygens (including phenoxy) is 1. The molecule has 0 aromatic heterocycles. The van der Waals surface area contributed by atoms with Crippen LogP contribution in [0.2, 0.25) is 0 Å². The first-order chi connectivity index (χ1) is 4.45. The fraction of sp³-hybridized carbons (Fsp3) is 1.00. The number of nitrogens with two attached hydrogens (primary N) is 1. The van der Waals surface area contributed by atoms with E-state index in [1.807, 2.05) is 0 Å². The van der Waals surface area contributed by atoms with E-state index in [1.54, 1.807) is 0 Å². The highest BCUT2D eigenvalue weighted by Gasteiger charge is 2.13. The lowest BCUT2D eigenvalue weighted by atomic mass is 10.4. The zero-order chi connectivity index (χ0) is 8.20. The minimum atomic E-state index is -4.45. The van der Waals surface area contributed by atoms with E-state index < -0.39 is 22.0 Å². The van der Waals surface area contributed by atoms with Crippen molar-refractivity contribution in [1.29, 1.82) is 0 Å². The lowest BCUT2D eigenvalue weighted by molar-refractivity contribution is 0.185. The van der Waals surface area contributed by atoms with Crippen LogP contribution in [0.1, 0.15) is 0 Å². The summed E-state index contributed by atoms with van der Waals surface area (Å²) in [6, 6.07) is -0.778. The monoisotopic (exact) mass is 171 g/mol. The largest absolute Gasteiger partial charge is 0.383 e. The minimum absolute atomic E-state index is 0.0448. The SMILES string of the molecule is COCC(N)CS(=O)(=O)F. The summed E-state index contributed by atoms with van der Waals surface area (Å²) in [4.78, 5) is 0. The van der Waals surface area contributed by atoms with E-state index in [2.05, 4.69) is 4.74 Å². The van der Waals surface area contributed by atoms with Gasteiger partial charge >= 0.3 is 10.2 Å². The van der Waals surface area contributed by atoms with Crippen molar-refractivity contribution < 1.29 is 17.0 Å². The summed E-state index contributed by atoms with van der Waals surface area (Å²) in [6.45, 7) is 0.0448. The number of hydrogen-bond donors (Lipinski definition) is 1. The summed E-state index contributed by atoms with van der Waals surface area (Å²) in [5.41, 5.74) is 5.13. The zero-order valence-corrected chi connectivity index (χ0v) is 6.40. The third kappa shape index (κ3) is 5.93. The molecule has 0 bridgehead atoms. The van der Waals surface area contributed by atoms with Gasteiger partial charge in [0.2, 0.25) is 0 Å². The van der Waals surface area contributed by atoms with Gasteiger partial charge in [0.1, 0.15) is 0 Å². The molecule has 0 aliphatic rings. The molecule has 2 N–H and O–H groups in total. The molecule has 0 fully saturated rings. The van der Waals surface area contributed by atoms with Crippen LogP contribution in [0.3, 0.4) is 0 Å². The van der Waals surface area contributed by atoms with Gasteiger partial charge in [-0.15, -0.1) is 3.89 Å². The molecule has 0 aliphatic carbocycles. The quantitative estimate of drug-likeness (QED) is 0.565. The summed E-state index contributed by atoms with van der Waals surface area (Å²) >= 11 is 0. The van der Waals surface area contributed by atoms with Crippen LogP contribution in [-0.4, -0.2) is 33.9 Å². The van der Waals surface area contributed by atoms with Gasteiger partial charge in [-0.1, -0.05) is 0 Å². The predicted molar refractivity (Wildman–Crippen MR) is 34.7 cm³/mol. The van der Waals surface area contributed by atoms with Crippen molar-refractivity contribution in [2.24, 2.45) is 5.73 Å². The van der Waals surface area contributed by atoms with E-state index in [1.165, 1.54) is 7.11 Å². The van der Waals surface area contributed by atoms with E-state index in [4.69, 9.17) is 5.73 Å². The maximum absolute atomic E-state index is 11.8. The Morgan fingerprint density at radius 1 is 1.70 bits per heavy atom. The normalized spacial score (nSPS) is 15.1. The van der Waals surface area contributed by atoms with Gasteiger partial charge < -0.3 is 10.5 Å². The van der Waals surface area contributed by atoms with Crippen LogP contribution in [-0.2, 0) is 15.0 Å². The first kappa shape index (κ1) is 9.80. The maximum Gasteiger partial charge on any atom is 0.304 e. The zero-order valence-electron chi connectivity index (χ0n) is 5.58. The lowest BCUT2D eigenvalue weighted by Gasteiger charge is -2.05. The molecule has 0 aliphatic heterocycles. The van der Waals surface area contributed by atoms with Gasteiger partial charge in [0.15, 0.2) is 0 Å². The van der Waals surface area contributed by atoms with E-state index in [9.17, 15) is 12.3 Å². The van der Waals surface area contributed by atoms with Gasteiger partial charge in [-0.05, 0) is 0 Å². The van der Waals surface area contributed by atoms with E-state index in [0.717, 1.165) is 0 Å². The molecule has 1 unspecified atom stereocenters. The second-order valence-electron chi connectivity index (χ2n) is 1.92. The van der Waals surface area contributed by atoms with Crippen molar-refractivity contribution in [2.75, 3.05) is 19.5 Å². The molecule has 6 heteroatoms. The molecule has 0 spiro atoms. The average Bonchev–Trinajstić information content (AvgIpc) is 1.59. The van der Waals surface area contributed by atoms with Crippen LogP contribution in [0.4, 0.5) is 3.89 Å². The molecule has 0 amide bonds. The molecule has 0 aromatic rings. The maximum atomic E-state index is 11.8. The van der Waals surface area contributed by atoms with Crippen molar-refractivity contribution >= 4 is 10.2 Å². The Balaban J connectivity index is 3.69. The molecule has 1 atom stereocenters. The molecule has 62 valence electrons. The highest BCUT2D eigenvalue weighted by molar-refractivity contribution is 7.86. The van der Waals surface area contributed by atoms with Gasteiger partial charge in [-0.3, -0.25) is 0 Å². The summed E-state index contributed by atoms with van der Waals surface area (Å²) in [6.07, 6.45) is 0. The summed E-state index contributed by atoms with van der Waals surface area (Å²) in [5.74, 6) is -0.680. The summed E-state index contributed by atoms with van der Waals surface area (Å²) in [7, 11) is -3.08. The molecule has 0 saturated carbocycles. The molecule has 4 nitrogen and oxygen atoms in total. The molecular weight excluding hydrogens is 161 g/mol. The van der Waals surface area contributed by atoms with E-state index >= 15 is 0 Å². The van der Waals surface area contributed by atoms with Crippen LogP contribution in [0.5, 0.6) is 0 Å². The Morgan fingerprint density at radius 2 is 2.20 bits per heavy atom. The smallest absolute Gasteiger partial charge is 0.304 e. The van der Waals surface area contributed by atoms with Crippen molar-refractivity contribution in [3.63, 3.8) is 0 Å². The van der Waals surface area contributed by atoms with Crippen LogP contribution in [0, 0.1) is 0 Å². The van der Waals surface area contributed by atoms with Crippen LogP contribution in [0.15, 0.2) is 0 Å². The number of hydrogen-bond acceptors (Lipinski definition) is 4. The second kappa shape index (κ2) is 3.85. The Kier molecular flexibility index (Phi) is 3.77. The lowest BCUT2D eigenvalue weighted by Crippen LogP contribution is -2.32. The van der Waals surface area contributed by atoms with E-state index in [0.29, 0.717) is 0 Å². The van der Waals surface area contributed by atoms with Crippen molar-refractivity contribution in [2.45, 2.75) is 6.04 Å². The van der Waals surface area contributed by atoms with Crippen molar-refractivity contribution in [1.82, 2.24) is 0 Å². The number of halogens is 1. The number of methoxy groups -OCH3 is 1. The van der Waals surface area contributed by atoms with Gasteiger partial charge in [-0.25, -0.2) is 0 Å². The van der Waals surface area contributed by atoms with Crippen LogP contribution >= 0.6 is 0 Å². The third-order valence-corrected chi connectivity index (χ3v) is 1.62. The number of rotatable bonds is 4. The average molecular weight is 171 g/mol. The third-order valence-electron chi connectivity index (χ3n) is 0.794. The highest BCUT2D eigenvalue weighted by Crippen LogP contribution is 1.93. The fourth-order valence-corrected chi connectivity index (χ4v) is 1.13. The molecule has 0 rings (SSSR count). The van der Waals surface area contributed by atoms with E-state index in [-0.39, 0.29) is 6.61 Å². The molecule has 0 aromatic carbocycles. The Bertz CT molecular complexity index is 179.